The highest BCUT2D eigenvalue weighted by atomic mass is 16.5. The molecule has 96 valence electrons. The Balaban J connectivity index is 1.66. The molecule has 4 nitrogen and oxygen atoms in total. The molecule has 17 heavy (non-hydrogen) atoms. The molecule has 2 heterocycles. The van der Waals surface area contributed by atoms with Gasteiger partial charge in [-0.1, -0.05) is 13.3 Å². The maximum atomic E-state index is 5.71. The van der Waals surface area contributed by atoms with E-state index in [1.165, 1.54) is 32.4 Å². The molecule has 1 aromatic heterocycles. The minimum Gasteiger partial charge on any atom is -0.489 e. The summed E-state index contributed by atoms with van der Waals surface area (Å²) in [7, 11) is 0. The Bertz CT molecular complexity index is 318. The summed E-state index contributed by atoms with van der Waals surface area (Å²) in [5, 5.41) is 4.25. The maximum absolute atomic E-state index is 5.71. The van der Waals surface area contributed by atoms with Gasteiger partial charge in [0.1, 0.15) is 6.61 Å². The molecule has 1 aliphatic heterocycles. The van der Waals surface area contributed by atoms with Gasteiger partial charge in [-0.15, -0.1) is 0 Å². The number of hydrogen-bond acceptors (Lipinski definition) is 3. The van der Waals surface area contributed by atoms with E-state index in [1.54, 1.807) is 0 Å². The standard InChI is InChI=1S/C13H23N3O/c1-2-6-16-12-13(11-14-16)17-10-9-15-7-4-3-5-8-15/h11-12H,2-10H2,1H3. The van der Waals surface area contributed by atoms with Crippen LogP contribution in [0.15, 0.2) is 12.4 Å². The lowest BCUT2D eigenvalue weighted by atomic mass is 10.1. The monoisotopic (exact) mass is 237 g/mol. The smallest absolute Gasteiger partial charge is 0.157 e. The van der Waals surface area contributed by atoms with Gasteiger partial charge in [0.15, 0.2) is 5.75 Å². The van der Waals surface area contributed by atoms with Gasteiger partial charge in [0, 0.05) is 13.1 Å². The van der Waals surface area contributed by atoms with Crippen LogP contribution in [0, 0.1) is 0 Å². The van der Waals surface area contributed by atoms with Crippen LogP contribution in [-0.2, 0) is 6.54 Å². The second kappa shape index (κ2) is 6.64. The summed E-state index contributed by atoms with van der Waals surface area (Å²) in [5.41, 5.74) is 0. The van der Waals surface area contributed by atoms with E-state index in [-0.39, 0.29) is 0 Å². The third-order valence-corrected chi connectivity index (χ3v) is 3.19. The van der Waals surface area contributed by atoms with Gasteiger partial charge in [-0.25, -0.2) is 0 Å². The molecule has 1 saturated heterocycles. The minimum absolute atomic E-state index is 0.776. The lowest BCUT2D eigenvalue weighted by Gasteiger charge is -2.25. The van der Waals surface area contributed by atoms with Crippen LogP contribution in [0.25, 0.3) is 0 Å². The van der Waals surface area contributed by atoms with Crippen LogP contribution >= 0.6 is 0 Å². The zero-order valence-corrected chi connectivity index (χ0v) is 10.8. The Morgan fingerprint density at radius 2 is 2.06 bits per heavy atom. The summed E-state index contributed by atoms with van der Waals surface area (Å²) in [5.74, 6) is 0.899. The van der Waals surface area contributed by atoms with E-state index in [4.69, 9.17) is 4.74 Å². The number of piperidine rings is 1. The number of nitrogens with zero attached hydrogens (tertiary/aromatic N) is 3. The molecule has 1 aliphatic rings. The van der Waals surface area contributed by atoms with Crippen LogP contribution < -0.4 is 4.74 Å². The van der Waals surface area contributed by atoms with Gasteiger partial charge in [-0.3, -0.25) is 9.58 Å². The highest BCUT2D eigenvalue weighted by molar-refractivity contribution is 5.11. The molecule has 0 atom stereocenters. The largest absolute Gasteiger partial charge is 0.489 e. The number of hydrogen-bond donors (Lipinski definition) is 0. The first-order valence-electron chi connectivity index (χ1n) is 6.76. The van der Waals surface area contributed by atoms with Crippen LogP contribution in [0.1, 0.15) is 32.6 Å². The first kappa shape index (κ1) is 12.4. The van der Waals surface area contributed by atoms with Gasteiger partial charge in [0.2, 0.25) is 0 Å². The quantitative estimate of drug-likeness (QED) is 0.759. The lowest BCUT2D eigenvalue weighted by molar-refractivity contribution is 0.183. The van der Waals surface area contributed by atoms with Crippen molar-refractivity contribution in [2.75, 3.05) is 26.2 Å². The van der Waals surface area contributed by atoms with Crippen molar-refractivity contribution in [2.45, 2.75) is 39.2 Å². The number of likely N-dealkylation sites (tertiary alicyclic amines) is 1. The fourth-order valence-electron chi connectivity index (χ4n) is 2.25. The Labute approximate surface area is 104 Å². The van der Waals surface area contributed by atoms with Crippen molar-refractivity contribution >= 4 is 0 Å². The average Bonchev–Trinajstić information content (AvgIpc) is 2.79. The molecule has 1 fully saturated rings. The van der Waals surface area contributed by atoms with Crippen LogP contribution in [0.4, 0.5) is 0 Å². The van der Waals surface area contributed by atoms with Crippen LogP contribution in [-0.4, -0.2) is 40.9 Å². The van der Waals surface area contributed by atoms with Crippen molar-refractivity contribution in [3.63, 3.8) is 0 Å². The zero-order valence-electron chi connectivity index (χ0n) is 10.8. The fraction of sp³-hybridized carbons (Fsp3) is 0.769. The topological polar surface area (TPSA) is 30.3 Å². The van der Waals surface area contributed by atoms with Gasteiger partial charge in [-0.2, -0.15) is 5.10 Å². The van der Waals surface area contributed by atoms with E-state index in [2.05, 4.69) is 16.9 Å². The number of rotatable bonds is 6. The Hall–Kier alpha value is -1.03. The van der Waals surface area contributed by atoms with E-state index >= 15 is 0 Å². The molecule has 1 aromatic rings. The second-order valence-electron chi connectivity index (χ2n) is 4.69. The molecule has 0 spiro atoms. The first-order chi connectivity index (χ1) is 8.38. The summed E-state index contributed by atoms with van der Waals surface area (Å²) in [6, 6.07) is 0. The first-order valence-corrected chi connectivity index (χ1v) is 6.76. The molecule has 0 aromatic carbocycles. The highest BCUT2D eigenvalue weighted by Crippen LogP contribution is 2.10. The molecule has 0 unspecified atom stereocenters. The highest BCUT2D eigenvalue weighted by Gasteiger charge is 2.09. The lowest BCUT2D eigenvalue weighted by Crippen LogP contribution is -2.33. The van der Waals surface area contributed by atoms with Crippen molar-refractivity contribution in [2.24, 2.45) is 0 Å². The summed E-state index contributed by atoms with van der Waals surface area (Å²) in [6.45, 7) is 7.40. The van der Waals surface area contributed by atoms with E-state index in [0.29, 0.717) is 0 Å². The van der Waals surface area contributed by atoms with E-state index in [9.17, 15) is 0 Å². The minimum atomic E-state index is 0.776. The second-order valence-corrected chi connectivity index (χ2v) is 4.69. The van der Waals surface area contributed by atoms with Crippen molar-refractivity contribution in [3.05, 3.63) is 12.4 Å². The Morgan fingerprint density at radius 1 is 1.24 bits per heavy atom. The molecule has 0 aliphatic carbocycles. The van der Waals surface area contributed by atoms with E-state index < -0.39 is 0 Å². The zero-order chi connectivity index (χ0) is 11.9. The SMILES string of the molecule is CCCn1cc(OCCN2CCCCC2)cn1. The molecule has 0 saturated carbocycles. The fourth-order valence-corrected chi connectivity index (χ4v) is 2.25. The number of aryl methyl sites for hydroxylation is 1. The van der Waals surface area contributed by atoms with E-state index in [1.807, 2.05) is 17.1 Å². The summed E-state index contributed by atoms with van der Waals surface area (Å²) < 4.78 is 7.65. The molecule has 0 bridgehead atoms. The molecular weight excluding hydrogens is 214 g/mol. The van der Waals surface area contributed by atoms with Gasteiger partial charge in [-0.05, 0) is 32.4 Å². The van der Waals surface area contributed by atoms with Crippen molar-refractivity contribution < 1.29 is 4.74 Å². The summed E-state index contributed by atoms with van der Waals surface area (Å²) in [4.78, 5) is 2.49. The van der Waals surface area contributed by atoms with E-state index in [0.717, 1.165) is 31.9 Å². The molecule has 2 rings (SSSR count). The molecule has 0 amide bonds. The number of aromatic nitrogens is 2. The van der Waals surface area contributed by atoms with Gasteiger partial charge < -0.3 is 4.74 Å². The van der Waals surface area contributed by atoms with Crippen molar-refractivity contribution in [1.29, 1.82) is 0 Å². The molecule has 0 radical (unpaired) electrons. The normalized spacial score (nSPS) is 17.2. The van der Waals surface area contributed by atoms with Gasteiger partial charge in [0.05, 0.1) is 12.4 Å². The maximum Gasteiger partial charge on any atom is 0.157 e. The summed E-state index contributed by atoms with van der Waals surface area (Å²) in [6.07, 6.45) is 8.98. The predicted molar refractivity (Wildman–Crippen MR) is 68.3 cm³/mol. The number of ether oxygens (including phenoxy) is 1. The van der Waals surface area contributed by atoms with Crippen LogP contribution in [0.5, 0.6) is 5.75 Å². The third kappa shape index (κ3) is 4.04. The summed E-state index contributed by atoms with van der Waals surface area (Å²) >= 11 is 0. The van der Waals surface area contributed by atoms with Gasteiger partial charge >= 0.3 is 0 Å². The van der Waals surface area contributed by atoms with Crippen LogP contribution in [0.3, 0.4) is 0 Å². The van der Waals surface area contributed by atoms with Gasteiger partial charge in [0.25, 0.3) is 0 Å². The molecule has 0 N–H and O–H groups in total. The van der Waals surface area contributed by atoms with Crippen molar-refractivity contribution in [3.8, 4) is 5.75 Å². The van der Waals surface area contributed by atoms with Crippen LogP contribution in [0.2, 0.25) is 0 Å². The average molecular weight is 237 g/mol. The third-order valence-electron chi connectivity index (χ3n) is 3.19. The molecular formula is C13H23N3O. The Kier molecular flexibility index (Phi) is 4.86. The Morgan fingerprint density at radius 3 is 2.82 bits per heavy atom. The van der Waals surface area contributed by atoms with Crippen molar-refractivity contribution in [1.82, 2.24) is 14.7 Å². The predicted octanol–water partition coefficient (Wildman–Crippen LogP) is 2.16. The molecule has 4 heteroatoms.